The number of amides is 1. The van der Waals surface area contributed by atoms with E-state index in [1.54, 1.807) is 0 Å². The highest BCUT2D eigenvalue weighted by Crippen LogP contribution is 2.35. The van der Waals surface area contributed by atoms with Crippen molar-refractivity contribution >= 4 is 47.3 Å². The standard InChI is InChI=1S/C20H19N3O.2ClH/c21-20(24)18-13-23(12-17(18)14-6-2-1-3-7-14)19-10-15-8-4-5-9-16(15)11-22-19;;/h1-11,17-18H,12-13H2,(H2,21,24);2*1H. The number of nitrogens with two attached hydrogens (primary N) is 1. The van der Waals surface area contributed by atoms with Crippen LogP contribution in [0.25, 0.3) is 10.8 Å². The number of nitrogens with zero attached hydrogens (tertiary/aromatic N) is 2. The Morgan fingerprint density at radius 1 is 0.962 bits per heavy atom. The lowest BCUT2D eigenvalue weighted by atomic mass is 9.89. The monoisotopic (exact) mass is 389 g/mol. The first-order valence-electron chi connectivity index (χ1n) is 8.16. The number of carbonyl (C=O) groups is 1. The Bertz CT molecular complexity index is 888. The Hall–Kier alpha value is -2.30. The van der Waals surface area contributed by atoms with Crippen LogP contribution in [0.15, 0.2) is 66.9 Å². The van der Waals surface area contributed by atoms with E-state index in [-0.39, 0.29) is 42.6 Å². The van der Waals surface area contributed by atoms with E-state index in [4.69, 9.17) is 5.73 Å². The molecular weight excluding hydrogens is 369 g/mol. The van der Waals surface area contributed by atoms with Crippen molar-refractivity contribution < 1.29 is 4.79 Å². The summed E-state index contributed by atoms with van der Waals surface area (Å²) >= 11 is 0. The molecule has 0 radical (unpaired) electrons. The molecule has 0 aliphatic carbocycles. The zero-order chi connectivity index (χ0) is 16.5. The van der Waals surface area contributed by atoms with Crippen molar-refractivity contribution in [3.63, 3.8) is 0 Å². The van der Waals surface area contributed by atoms with Gasteiger partial charge in [-0.25, -0.2) is 4.98 Å². The van der Waals surface area contributed by atoms with Gasteiger partial charge >= 0.3 is 0 Å². The van der Waals surface area contributed by atoms with Gasteiger partial charge in [-0.15, -0.1) is 24.8 Å². The molecule has 1 saturated heterocycles. The molecule has 0 spiro atoms. The van der Waals surface area contributed by atoms with Crippen LogP contribution in [0, 0.1) is 5.92 Å². The second kappa shape index (κ2) is 8.39. The molecule has 136 valence electrons. The fourth-order valence-corrected chi connectivity index (χ4v) is 3.56. The summed E-state index contributed by atoms with van der Waals surface area (Å²) in [5.41, 5.74) is 6.83. The molecule has 6 heteroatoms. The zero-order valence-corrected chi connectivity index (χ0v) is 15.7. The number of anilines is 1. The van der Waals surface area contributed by atoms with Crippen LogP contribution in [0.2, 0.25) is 0 Å². The van der Waals surface area contributed by atoms with Crippen LogP contribution in [-0.2, 0) is 4.79 Å². The number of pyridine rings is 1. The number of benzene rings is 2. The van der Waals surface area contributed by atoms with Crippen molar-refractivity contribution in [3.8, 4) is 0 Å². The van der Waals surface area contributed by atoms with Crippen molar-refractivity contribution in [2.45, 2.75) is 5.92 Å². The molecule has 4 nitrogen and oxygen atoms in total. The van der Waals surface area contributed by atoms with E-state index < -0.39 is 0 Å². The van der Waals surface area contributed by atoms with Crippen LogP contribution in [0.4, 0.5) is 5.82 Å². The highest BCUT2D eigenvalue weighted by atomic mass is 35.5. The van der Waals surface area contributed by atoms with Crippen molar-refractivity contribution in [3.05, 3.63) is 72.4 Å². The first-order chi connectivity index (χ1) is 11.7. The molecule has 1 fully saturated rings. The molecular formula is C20H21Cl2N3O. The van der Waals surface area contributed by atoms with Crippen molar-refractivity contribution in [2.75, 3.05) is 18.0 Å². The Balaban J connectivity index is 0.00000121. The van der Waals surface area contributed by atoms with E-state index in [0.717, 1.165) is 28.7 Å². The number of hydrogen-bond acceptors (Lipinski definition) is 3. The maximum atomic E-state index is 11.9. The largest absolute Gasteiger partial charge is 0.369 e. The number of fused-ring (bicyclic) bond motifs is 1. The SMILES string of the molecule is Cl.Cl.NC(=O)C1CN(c2cc3ccccc3cn2)CC1c1ccccc1. The van der Waals surface area contributed by atoms with Crippen LogP contribution in [0.1, 0.15) is 11.5 Å². The van der Waals surface area contributed by atoms with Gasteiger partial charge in [-0.1, -0.05) is 54.6 Å². The van der Waals surface area contributed by atoms with Crippen LogP contribution in [0.5, 0.6) is 0 Å². The molecule has 0 saturated carbocycles. The van der Waals surface area contributed by atoms with Gasteiger partial charge in [0, 0.05) is 30.6 Å². The summed E-state index contributed by atoms with van der Waals surface area (Å²) in [4.78, 5) is 18.7. The Labute approximate surface area is 165 Å². The minimum Gasteiger partial charge on any atom is -0.369 e. The van der Waals surface area contributed by atoms with Crippen LogP contribution >= 0.6 is 24.8 Å². The van der Waals surface area contributed by atoms with E-state index in [1.165, 1.54) is 0 Å². The molecule has 2 heterocycles. The van der Waals surface area contributed by atoms with E-state index in [2.05, 4.69) is 40.2 Å². The third kappa shape index (κ3) is 3.76. The Kier molecular flexibility index (Phi) is 6.46. The van der Waals surface area contributed by atoms with Crippen LogP contribution in [-0.4, -0.2) is 24.0 Å². The minimum absolute atomic E-state index is 0. The number of primary amides is 1. The van der Waals surface area contributed by atoms with E-state index >= 15 is 0 Å². The molecule has 1 aliphatic heterocycles. The van der Waals surface area contributed by atoms with Crippen molar-refractivity contribution in [1.82, 2.24) is 4.98 Å². The maximum Gasteiger partial charge on any atom is 0.223 e. The molecule has 2 unspecified atom stereocenters. The van der Waals surface area contributed by atoms with Gasteiger partial charge in [-0.05, 0) is 17.0 Å². The number of carbonyl (C=O) groups excluding carboxylic acids is 1. The lowest BCUT2D eigenvalue weighted by molar-refractivity contribution is -0.121. The molecule has 2 N–H and O–H groups in total. The van der Waals surface area contributed by atoms with Gasteiger partial charge in [-0.2, -0.15) is 0 Å². The van der Waals surface area contributed by atoms with Gasteiger partial charge in [0.2, 0.25) is 5.91 Å². The first kappa shape index (κ1) is 20.0. The molecule has 4 rings (SSSR count). The van der Waals surface area contributed by atoms with E-state index in [1.807, 2.05) is 36.5 Å². The molecule has 26 heavy (non-hydrogen) atoms. The number of rotatable bonds is 3. The first-order valence-corrected chi connectivity index (χ1v) is 8.16. The van der Waals surface area contributed by atoms with Gasteiger partial charge in [0.1, 0.15) is 5.82 Å². The number of hydrogen-bond donors (Lipinski definition) is 1. The fraction of sp³-hybridized carbons (Fsp3) is 0.200. The topological polar surface area (TPSA) is 59.2 Å². The second-order valence-corrected chi connectivity index (χ2v) is 6.32. The number of aromatic nitrogens is 1. The van der Waals surface area contributed by atoms with Gasteiger partial charge in [0.05, 0.1) is 5.92 Å². The van der Waals surface area contributed by atoms with Gasteiger partial charge in [-0.3, -0.25) is 4.79 Å². The fourth-order valence-electron chi connectivity index (χ4n) is 3.56. The highest BCUT2D eigenvalue weighted by Gasteiger charge is 2.37. The quantitative estimate of drug-likeness (QED) is 0.741. The molecule has 3 aromatic rings. The van der Waals surface area contributed by atoms with Crippen molar-refractivity contribution in [2.24, 2.45) is 11.7 Å². The molecule has 0 bridgehead atoms. The third-order valence-corrected chi connectivity index (χ3v) is 4.85. The van der Waals surface area contributed by atoms with E-state index in [0.29, 0.717) is 6.54 Å². The van der Waals surface area contributed by atoms with E-state index in [9.17, 15) is 4.79 Å². The second-order valence-electron chi connectivity index (χ2n) is 6.32. The third-order valence-electron chi connectivity index (χ3n) is 4.85. The normalized spacial score (nSPS) is 18.8. The predicted molar refractivity (Wildman–Crippen MR) is 110 cm³/mol. The van der Waals surface area contributed by atoms with Crippen LogP contribution in [0.3, 0.4) is 0 Å². The average Bonchev–Trinajstić information content (AvgIpc) is 3.08. The molecule has 2 aromatic carbocycles. The van der Waals surface area contributed by atoms with Crippen LogP contribution < -0.4 is 10.6 Å². The zero-order valence-electron chi connectivity index (χ0n) is 14.1. The molecule has 1 amide bonds. The summed E-state index contributed by atoms with van der Waals surface area (Å²) in [7, 11) is 0. The van der Waals surface area contributed by atoms with Crippen molar-refractivity contribution in [1.29, 1.82) is 0 Å². The molecule has 2 atom stereocenters. The summed E-state index contributed by atoms with van der Waals surface area (Å²) in [5, 5.41) is 2.27. The molecule has 1 aromatic heterocycles. The Morgan fingerprint density at radius 2 is 1.62 bits per heavy atom. The van der Waals surface area contributed by atoms with Gasteiger partial charge in [0.25, 0.3) is 0 Å². The summed E-state index contributed by atoms with van der Waals surface area (Å²) in [6.45, 7) is 1.36. The van der Waals surface area contributed by atoms with Gasteiger partial charge in [0.15, 0.2) is 0 Å². The van der Waals surface area contributed by atoms with Gasteiger partial charge < -0.3 is 10.6 Å². The smallest absolute Gasteiger partial charge is 0.223 e. The summed E-state index contributed by atoms with van der Waals surface area (Å²) in [5.74, 6) is 0.572. The lowest BCUT2D eigenvalue weighted by Crippen LogP contribution is -2.29. The minimum atomic E-state index is -0.243. The maximum absolute atomic E-state index is 11.9. The predicted octanol–water partition coefficient (Wildman–Crippen LogP) is 3.78. The average molecular weight is 390 g/mol. The lowest BCUT2D eigenvalue weighted by Gasteiger charge is -2.18. The summed E-state index contributed by atoms with van der Waals surface area (Å²) in [6.07, 6.45) is 1.89. The summed E-state index contributed by atoms with van der Waals surface area (Å²) < 4.78 is 0. The molecule has 1 aliphatic rings. The summed E-state index contributed by atoms with van der Waals surface area (Å²) in [6, 6.07) is 20.4. The Morgan fingerprint density at radius 3 is 2.31 bits per heavy atom. The number of halogens is 2. The highest BCUT2D eigenvalue weighted by molar-refractivity contribution is 5.86.